The Kier molecular flexibility index (Phi) is 8.57. The first-order valence-corrected chi connectivity index (χ1v) is 9.47. The number of hydrogen-bond donors (Lipinski definition) is 2. The zero-order valence-corrected chi connectivity index (χ0v) is 15.9. The number of allylic oxidation sites excluding steroid dienone is 2. The second-order valence-corrected chi connectivity index (χ2v) is 8.37. The van der Waals surface area contributed by atoms with E-state index in [1.807, 2.05) is 19.1 Å². The molecule has 0 aromatic rings. The molecule has 0 bridgehead atoms. The monoisotopic (exact) mass is 322 g/mol. The molecule has 0 fully saturated rings. The van der Waals surface area contributed by atoms with Crippen LogP contribution in [0.1, 0.15) is 79.6 Å². The van der Waals surface area contributed by atoms with Gasteiger partial charge in [-0.2, -0.15) is 0 Å². The van der Waals surface area contributed by atoms with E-state index in [4.69, 9.17) is 0 Å². The van der Waals surface area contributed by atoms with Crippen molar-refractivity contribution < 1.29 is 10.2 Å². The first kappa shape index (κ1) is 20.4. The molecule has 4 unspecified atom stereocenters. The third kappa shape index (κ3) is 8.72. The Balaban J connectivity index is 0.000000231. The van der Waals surface area contributed by atoms with Gasteiger partial charge in [0.2, 0.25) is 0 Å². The van der Waals surface area contributed by atoms with Gasteiger partial charge in [0.25, 0.3) is 0 Å². The van der Waals surface area contributed by atoms with Gasteiger partial charge in [-0.25, -0.2) is 0 Å². The smallest absolute Gasteiger partial charge is 0.0802 e. The number of aliphatic hydroxyl groups excluding tert-OH is 1. The van der Waals surface area contributed by atoms with E-state index in [9.17, 15) is 10.2 Å². The predicted molar refractivity (Wildman–Crippen MR) is 99.3 cm³/mol. The molecule has 2 rings (SSSR count). The van der Waals surface area contributed by atoms with Gasteiger partial charge in [0.15, 0.2) is 0 Å². The van der Waals surface area contributed by atoms with Crippen molar-refractivity contribution >= 4 is 0 Å². The van der Waals surface area contributed by atoms with Gasteiger partial charge in [-0.05, 0) is 63.7 Å². The third-order valence-electron chi connectivity index (χ3n) is 4.81. The summed E-state index contributed by atoms with van der Waals surface area (Å²) in [6, 6.07) is 0. The van der Waals surface area contributed by atoms with Crippen molar-refractivity contribution in [3.05, 3.63) is 23.8 Å². The molecular formula is C21H38O2. The third-order valence-corrected chi connectivity index (χ3v) is 4.81. The number of hydrogen-bond acceptors (Lipinski definition) is 2. The summed E-state index contributed by atoms with van der Waals surface area (Å²) >= 11 is 0. The molecule has 0 aromatic carbocycles. The Morgan fingerprint density at radius 3 is 2.52 bits per heavy atom. The zero-order valence-electron chi connectivity index (χ0n) is 15.9. The second kappa shape index (κ2) is 9.64. The van der Waals surface area contributed by atoms with Crippen LogP contribution in [0.5, 0.6) is 0 Å². The van der Waals surface area contributed by atoms with Crippen LogP contribution in [0.2, 0.25) is 0 Å². The lowest BCUT2D eigenvalue weighted by Crippen LogP contribution is -2.28. The van der Waals surface area contributed by atoms with E-state index in [1.165, 1.54) is 31.3 Å². The normalized spacial score (nSPS) is 33.9. The van der Waals surface area contributed by atoms with Gasteiger partial charge in [0.05, 0.1) is 11.7 Å². The molecule has 0 saturated heterocycles. The van der Waals surface area contributed by atoms with Crippen molar-refractivity contribution in [2.45, 2.75) is 91.3 Å². The van der Waals surface area contributed by atoms with Crippen molar-refractivity contribution in [2.24, 2.45) is 17.8 Å². The summed E-state index contributed by atoms with van der Waals surface area (Å²) in [5, 5.41) is 19.2. The Hall–Kier alpha value is -0.600. The molecule has 0 aromatic heterocycles. The Labute approximate surface area is 143 Å². The highest BCUT2D eigenvalue weighted by atomic mass is 16.3. The molecule has 2 heteroatoms. The highest BCUT2D eigenvalue weighted by molar-refractivity contribution is 5.07. The summed E-state index contributed by atoms with van der Waals surface area (Å²) in [5.41, 5.74) is 0.819. The van der Waals surface area contributed by atoms with Gasteiger partial charge < -0.3 is 10.2 Å². The average Bonchev–Trinajstić information content (AvgIpc) is 2.36. The fourth-order valence-electron chi connectivity index (χ4n) is 4.07. The molecule has 134 valence electrons. The maximum atomic E-state index is 9.77. The zero-order chi connectivity index (χ0) is 17.5. The lowest BCUT2D eigenvalue weighted by atomic mass is 9.80. The molecule has 23 heavy (non-hydrogen) atoms. The molecule has 0 aliphatic heterocycles. The Morgan fingerprint density at radius 2 is 2.00 bits per heavy atom. The van der Waals surface area contributed by atoms with E-state index in [2.05, 4.69) is 33.8 Å². The minimum Gasteiger partial charge on any atom is -0.389 e. The van der Waals surface area contributed by atoms with E-state index in [0.717, 1.165) is 31.1 Å². The molecule has 0 saturated carbocycles. The van der Waals surface area contributed by atoms with E-state index < -0.39 is 5.60 Å². The van der Waals surface area contributed by atoms with Crippen molar-refractivity contribution in [3.63, 3.8) is 0 Å². The van der Waals surface area contributed by atoms with E-state index >= 15 is 0 Å². The Morgan fingerprint density at radius 1 is 1.30 bits per heavy atom. The van der Waals surface area contributed by atoms with Gasteiger partial charge >= 0.3 is 0 Å². The fraction of sp³-hybridized carbons (Fsp3) is 0.810. The minimum absolute atomic E-state index is 0.166. The van der Waals surface area contributed by atoms with Crippen LogP contribution in [0.3, 0.4) is 0 Å². The quantitative estimate of drug-likeness (QED) is 0.694. The maximum Gasteiger partial charge on any atom is 0.0802 e. The van der Waals surface area contributed by atoms with Crippen LogP contribution in [0.25, 0.3) is 0 Å². The lowest BCUT2D eigenvalue weighted by molar-refractivity contribution is 0.0706. The van der Waals surface area contributed by atoms with Crippen molar-refractivity contribution in [2.75, 3.05) is 0 Å². The molecule has 0 amide bonds. The lowest BCUT2D eigenvalue weighted by Gasteiger charge is -2.30. The molecule has 2 nitrogen and oxygen atoms in total. The summed E-state index contributed by atoms with van der Waals surface area (Å²) < 4.78 is 0. The van der Waals surface area contributed by atoms with Crippen LogP contribution in [0.4, 0.5) is 0 Å². The van der Waals surface area contributed by atoms with Crippen molar-refractivity contribution in [1.29, 1.82) is 0 Å². The van der Waals surface area contributed by atoms with E-state index in [-0.39, 0.29) is 6.10 Å². The summed E-state index contributed by atoms with van der Waals surface area (Å²) in [4.78, 5) is 0. The van der Waals surface area contributed by atoms with Crippen LogP contribution < -0.4 is 0 Å². The van der Waals surface area contributed by atoms with Crippen LogP contribution >= 0.6 is 0 Å². The van der Waals surface area contributed by atoms with Crippen LogP contribution in [0, 0.1) is 17.8 Å². The molecule has 2 aliphatic rings. The molecular weight excluding hydrogens is 284 g/mol. The van der Waals surface area contributed by atoms with Crippen molar-refractivity contribution in [3.8, 4) is 0 Å². The van der Waals surface area contributed by atoms with Crippen LogP contribution in [-0.4, -0.2) is 21.9 Å². The van der Waals surface area contributed by atoms with E-state index in [1.54, 1.807) is 0 Å². The first-order chi connectivity index (χ1) is 10.7. The standard InChI is InChI=1S/C11H20O.C10H18O/c1-9(2)7-10-5-4-6-11(3,12)8-10;1-3-4-9-5-8(2)6-10(11)7-9/h4,6,9-10,12H,5,7-8H2,1-3H3;6,9-11H,3-5,7H2,1-2H3. The van der Waals surface area contributed by atoms with Gasteiger partial charge in [0.1, 0.15) is 0 Å². The predicted octanol–water partition coefficient (Wildman–Crippen LogP) is 5.25. The highest BCUT2D eigenvalue weighted by Crippen LogP contribution is 2.30. The second-order valence-electron chi connectivity index (χ2n) is 8.37. The number of rotatable bonds is 4. The fourth-order valence-corrected chi connectivity index (χ4v) is 4.07. The molecule has 0 heterocycles. The van der Waals surface area contributed by atoms with Crippen molar-refractivity contribution in [1.82, 2.24) is 0 Å². The topological polar surface area (TPSA) is 40.5 Å². The average molecular weight is 323 g/mol. The molecule has 2 N–H and O–H groups in total. The van der Waals surface area contributed by atoms with Crippen LogP contribution in [-0.2, 0) is 0 Å². The van der Waals surface area contributed by atoms with Gasteiger partial charge in [-0.3, -0.25) is 0 Å². The summed E-state index contributed by atoms with van der Waals surface area (Å²) in [7, 11) is 0. The van der Waals surface area contributed by atoms with Crippen LogP contribution in [0.15, 0.2) is 23.8 Å². The summed E-state index contributed by atoms with van der Waals surface area (Å²) in [6.45, 7) is 10.7. The largest absolute Gasteiger partial charge is 0.389 e. The molecule has 0 radical (unpaired) electrons. The Bertz CT molecular complexity index is 393. The molecule has 0 spiro atoms. The summed E-state index contributed by atoms with van der Waals surface area (Å²) in [6.07, 6.45) is 13.9. The van der Waals surface area contributed by atoms with E-state index in [0.29, 0.717) is 5.92 Å². The van der Waals surface area contributed by atoms with Gasteiger partial charge in [-0.15, -0.1) is 0 Å². The van der Waals surface area contributed by atoms with Gasteiger partial charge in [0, 0.05) is 0 Å². The first-order valence-electron chi connectivity index (χ1n) is 9.47. The summed E-state index contributed by atoms with van der Waals surface area (Å²) in [5.74, 6) is 2.17. The molecule has 4 atom stereocenters. The molecule has 2 aliphatic carbocycles. The minimum atomic E-state index is -0.544. The maximum absolute atomic E-state index is 9.77. The van der Waals surface area contributed by atoms with Gasteiger partial charge in [-0.1, -0.05) is 57.4 Å². The SMILES string of the molecule is CC(C)CC1CC=CC(C)(O)C1.CCCC1CC(C)=CC(O)C1. The highest BCUT2D eigenvalue weighted by Gasteiger charge is 2.25. The number of aliphatic hydroxyl groups is 2.